The Bertz CT molecular complexity index is 2360. The van der Waals surface area contributed by atoms with E-state index in [0.717, 1.165) is 46.7 Å². The molecule has 2 N–H and O–H groups in total. The molecule has 1 fully saturated rings. The normalized spacial score (nSPS) is 17.2. The summed E-state index contributed by atoms with van der Waals surface area (Å²) in [7, 11) is 1.72. The molecular weight excluding hydrogens is 830 g/mol. The SMILES string of the molecule is COc1ccc(C(OC[C@H]2O[C@@H](n3cnc4c(=O)[nH]c(NCC(C)C)nc43)C[C@@H]2OP(OCCCc2ccccn2)N(C(C)C)C(C)C)(c2ccccc2)c2ccc(OC)cc2)cc1. The van der Waals surface area contributed by atoms with Crippen LogP contribution in [-0.4, -0.2) is 87.4 Å². The molecule has 4 atom stereocenters. The van der Waals surface area contributed by atoms with Gasteiger partial charge in [0.15, 0.2) is 11.2 Å². The van der Waals surface area contributed by atoms with Crippen molar-refractivity contribution in [3.8, 4) is 11.5 Å². The Hall–Kier alpha value is -5.21. The topological polar surface area (TPSA) is 147 Å². The molecule has 15 heteroatoms. The Balaban J connectivity index is 1.28. The molecule has 0 amide bonds. The minimum Gasteiger partial charge on any atom is -0.497 e. The minimum atomic E-state index is -1.59. The van der Waals surface area contributed by atoms with Gasteiger partial charge >= 0.3 is 0 Å². The fourth-order valence-electron chi connectivity index (χ4n) is 8.12. The van der Waals surface area contributed by atoms with Crippen molar-refractivity contribution >= 4 is 25.6 Å². The van der Waals surface area contributed by atoms with Gasteiger partial charge < -0.3 is 33.3 Å². The van der Waals surface area contributed by atoms with Crippen molar-refractivity contribution in [1.82, 2.24) is 29.2 Å². The summed E-state index contributed by atoms with van der Waals surface area (Å²) >= 11 is 0. The number of ether oxygens (including phenoxy) is 4. The molecule has 4 heterocycles. The second-order valence-electron chi connectivity index (χ2n) is 16.9. The van der Waals surface area contributed by atoms with Crippen LogP contribution >= 0.6 is 8.53 Å². The first kappa shape index (κ1) is 46.8. The standard InChI is InChI=1S/C49H62N7O7P/c1-33(2)30-51-48-53-46-45(47(57)54-48)52-32-55(46)44-29-42(63-64(56(34(3)4)35(5)6)61-28-14-18-39-17-12-13-27-50-39)43(62-44)31-60-49(36-15-10-9-11-16-36,37-19-23-40(58-7)24-20-37)38-21-25-41(59-8)26-22-38/h9-13,15-17,19-27,32-35,42-44H,14,18,28-31H2,1-8H3,(H2,51,53,54,57)/t42-,43+,44+,64?/m0/s1. The van der Waals surface area contributed by atoms with E-state index in [0.29, 0.717) is 37.1 Å². The first-order valence-corrected chi connectivity index (χ1v) is 23.3. The number of aryl methyl sites for hydroxylation is 1. The highest BCUT2D eigenvalue weighted by atomic mass is 31.2. The highest BCUT2D eigenvalue weighted by Crippen LogP contribution is 2.51. The van der Waals surface area contributed by atoms with Gasteiger partial charge in [0.1, 0.15) is 29.4 Å². The van der Waals surface area contributed by atoms with E-state index in [-0.39, 0.29) is 29.8 Å². The Labute approximate surface area is 377 Å². The van der Waals surface area contributed by atoms with Gasteiger partial charge in [-0.25, -0.2) is 9.65 Å². The van der Waals surface area contributed by atoms with Gasteiger partial charge in [-0.1, -0.05) is 74.5 Å². The van der Waals surface area contributed by atoms with E-state index in [1.54, 1.807) is 20.5 Å². The molecule has 0 spiro atoms. The third-order valence-corrected chi connectivity index (χ3v) is 13.4. The van der Waals surface area contributed by atoms with E-state index in [9.17, 15) is 4.79 Å². The molecule has 1 saturated heterocycles. The van der Waals surface area contributed by atoms with E-state index in [2.05, 4.69) is 78.6 Å². The number of methoxy groups -OCH3 is 2. The second kappa shape index (κ2) is 21.6. The quantitative estimate of drug-likeness (QED) is 0.0381. The van der Waals surface area contributed by atoms with Gasteiger partial charge in [0.2, 0.25) is 5.95 Å². The molecule has 0 aliphatic carbocycles. The maximum absolute atomic E-state index is 13.3. The first-order chi connectivity index (χ1) is 31.0. The lowest BCUT2D eigenvalue weighted by atomic mass is 9.80. The van der Waals surface area contributed by atoms with Crippen molar-refractivity contribution < 1.29 is 28.0 Å². The van der Waals surface area contributed by atoms with Crippen LogP contribution in [0.25, 0.3) is 11.2 Å². The number of hydrogen-bond acceptors (Lipinski definition) is 12. The van der Waals surface area contributed by atoms with Crippen LogP contribution in [-0.2, 0) is 30.5 Å². The molecule has 7 rings (SSSR count). The molecular formula is C49H62N7O7P. The molecule has 1 unspecified atom stereocenters. The maximum Gasteiger partial charge on any atom is 0.280 e. The number of fused-ring (bicyclic) bond motifs is 1. The number of anilines is 1. The fraction of sp³-hybridized carbons (Fsp3) is 0.429. The first-order valence-electron chi connectivity index (χ1n) is 22.1. The number of aromatic nitrogens is 5. The van der Waals surface area contributed by atoms with Gasteiger partial charge in [-0.15, -0.1) is 0 Å². The van der Waals surface area contributed by atoms with Crippen LogP contribution in [0.3, 0.4) is 0 Å². The molecule has 0 saturated carbocycles. The average Bonchev–Trinajstić information content (AvgIpc) is 3.92. The van der Waals surface area contributed by atoms with Crippen LogP contribution in [0.4, 0.5) is 5.95 Å². The highest BCUT2D eigenvalue weighted by Gasteiger charge is 2.45. The van der Waals surface area contributed by atoms with E-state index in [4.69, 9.17) is 33.0 Å². The maximum atomic E-state index is 13.3. The van der Waals surface area contributed by atoms with Gasteiger partial charge in [-0.3, -0.25) is 19.3 Å². The van der Waals surface area contributed by atoms with E-state index in [1.165, 1.54) is 0 Å². The van der Waals surface area contributed by atoms with E-state index >= 15 is 0 Å². The highest BCUT2D eigenvalue weighted by molar-refractivity contribution is 7.44. The summed E-state index contributed by atoms with van der Waals surface area (Å²) in [5, 5.41) is 3.26. The average molecular weight is 892 g/mol. The summed E-state index contributed by atoms with van der Waals surface area (Å²) in [4.78, 5) is 30.0. The molecule has 3 aromatic carbocycles. The van der Waals surface area contributed by atoms with Gasteiger partial charge in [0, 0.05) is 36.9 Å². The number of pyridine rings is 1. The molecule has 0 radical (unpaired) electrons. The van der Waals surface area contributed by atoms with E-state index in [1.807, 2.05) is 95.7 Å². The predicted molar refractivity (Wildman–Crippen MR) is 251 cm³/mol. The Morgan fingerprint density at radius 1 is 0.859 bits per heavy atom. The van der Waals surface area contributed by atoms with Crippen molar-refractivity contribution in [1.29, 1.82) is 0 Å². The molecule has 64 heavy (non-hydrogen) atoms. The number of aromatic amines is 1. The summed E-state index contributed by atoms with van der Waals surface area (Å²) in [6.45, 7) is 14.1. The Morgan fingerprint density at radius 2 is 1.50 bits per heavy atom. The van der Waals surface area contributed by atoms with E-state index < -0.39 is 32.6 Å². The molecule has 6 aromatic rings. The molecule has 1 aliphatic heterocycles. The Morgan fingerprint density at radius 3 is 2.09 bits per heavy atom. The number of nitrogens with zero attached hydrogens (tertiary/aromatic N) is 5. The fourth-order valence-corrected chi connectivity index (χ4v) is 9.91. The van der Waals surface area contributed by atoms with Gasteiger partial charge in [0.05, 0.1) is 39.9 Å². The smallest absolute Gasteiger partial charge is 0.280 e. The number of nitrogens with one attached hydrogen (secondary N) is 2. The molecule has 340 valence electrons. The molecule has 0 bridgehead atoms. The number of imidazole rings is 1. The van der Waals surface area contributed by atoms with Crippen LogP contribution < -0.4 is 20.3 Å². The molecule has 14 nitrogen and oxygen atoms in total. The zero-order valence-electron chi connectivity index (χ0n) is 38.1. The van der Waals surface area contributed by atoms with Crippen molar-refractivity contribution in [2.75, 3.05) is 39.3 Å². The monoisotopic (exact) mass is 891 g/mol. The Kier molecular flexibility index (Phi) is 15.8. The second-order valence-corrected chi connectivity index (χ2v) is 18.3. The third kappa shape index (κ3) is 10.8. The van der Waals surface area contributed by atoms with Crippen molar-refractivity contribution in [2.45, 2.75) is 96.9 Å². The zero-order chi connectivity index (χ0) is 45.2. The molecule has 3 aromatic heterocycles. The van der Waals surface area contributed by atoms with Crippen molar-refractivity contribution in [3.63, 3.8) is 0 Å². The summed E-state index contributed by atoms with van der Waals surface area (Å²) < 4.78 is 43.8. The van der Waals surface area contributed by atoms with Crippen LogP contribution in [0.15, 0.2) is 114 Å². The number of benzene rings is 3. The van der Waals surface area contributed by atoms with Crippen LogP contribution in [0.1, 0.15) is 83.0 Å². The summed E-state index contributed by atoms with van der Waals surface area (Å²) in [6, 6.07) is 32.3. The lowest BCUT2D eigenvalue weighted by molar-refractivity contribution is -0.0912. The predicted octanol–water partition coefficient (Wildman–Crippen LogP) is 9.28. The third-order valence-electron chi connectivity index (χ3n) is 11.2. The van der Waals surface area contributed by atoms with Crippen LogP contribution in [0.5, 0.6) is 11.5 Å². The number of hydrogen-bond donors (Lipinski definition) is 2. The van der Waals surface area contributed by atoms with Crippen molar-refractivity contribution in [3.05, 3.63) is 142 Å². The van der Waals surface area contributed by atoms with Gasteiger partial charge in [0.25, 0.3) is 14.1 Å². The van der Waals surface area contributed by atoms with Gasteiger partial charge in [-0.2, -0.15) is 4.98 Å². The van der Waals surface area contributed by atoms with Crippen LogP contribution in [0, 0.1) is 5.92 Å². The van der Waals surface area contributed by atoms with Crippen LogP contribution in [0.2, 0.25) is 0 Å². The number of H-pyrrole nitrogens is 1. The number of rotatable bonds is 22. The van der Waals surface area contributed by atoms with Crippen molar-refractivity contribution in [2.24, 2.45) is 5.92 Å². The minimum absolute atomic E-state index is 0.113. The summed E-state index contributed by atoms with van der Waals surface area (Å²) in [5.74, 6) is 2.17. The summed E-state index contributed by atoms with van der Waals surface area (Å²) in [5.41, 5.74) is 2.93. The largest absolute Gasteiger partial charge is 0.497 e. The lowest BCUT2D eigenvalue weighted by Gasteiger charge is -2.39. The van der Waals surface area contributed by atoms with Gasteiger partial charge in [-0.05, 0) is 99.5 Å². The molecule has 1 aliphatic rings. The summed E-state index contributed by atoms with van der Waals surface area (Å²) in [6.07, 6.45) is 3.69. The lowest BCUT2D eigenvalue weighted by Crippen LogP contribution is -2.39. The zero-order valence-corrected chi connectivity index (χ0v) is 39.0.